The molecule has 140 valence electrons. The molecular weight excluding hydrogens is 378 g/mol. The van der Waals surface area contributed by atoms with Gasteiger partial charge in [-0.25, -0.2) is 9.78 Å². The van der Waals surface area contributed by atoms with E-state index in [1.54, 1.807) is 24.3 Å². The zero-order valence-electron chi connectivity index (χ0n) is 14.7. The largest absolute Gasteiger partial charge is 0.454 e. The molecule has 0 aliphatic heterocycles. The molecule has 5 rings (SSSR count). The number of esters is 1. The Hall–Kier alpha value is -3.26. The number of aryl methyl sites for hydroxylation is 2. The van der Waals surface area contributed by atoms with Gasteiger partial charge in [0.15, 0.2) is 0 Å². The molecule has 4 aromatic rings. The zero-order chi connectivity index (χ0) is 19.3. The first-order chi connectivity index (χ1) is 13.6. The molecule has 3 aromatic heterocycles. The molecule has 0 radical (unpaired) electrons. The molecule has 0 saturated carbocycles. The fourth-order valence-electron chi connectivity index (χ4n) is 3.70. The SMILES string of the molecule is O=C(OCc1nc2sc3c(c2c(=O)[nH]1)CCC3)c1cc(=O)[nH]c2ccccc12. The van der Waals surface area contributed by atoms with E-state index in [0.717, 1.165) is 24.8 Å². The topological polar surface area (TPSA) is 105 Å². The maximum Gasteiger partial charge on any atom is 0.339 e. The highest BCUT2D eigenvalue weighted by atomic mass is 32.1. The summed E-state index contributed by atoms with van der Waals surface area (Å²) in [5.74, 6) is -0.348. The van der Waals surface area contributed by atoms with Crippen LogP contribution in [0.15, 0.2) is 39.9 Å². The molecule has 0 unspecified atom stereocenters. The van der Waals surface area contributed by atoms with Crippen molar-refractivity contribution in [1.82, 2.24) is 15.0 Å². The first-order valence-electron chi connectivity index (χ1n) is 8.93. The molecule has 0 fully saturated rings. The van der Waals surface area contributed by atoms with Crippen LogP contribution in [0.2, 0.25) is 0 Å². The molecule has 2 N–H and O–H groups in total. The van der Waals surface area contributed by atoms with E-state index in [4.69, 9.17) is 4.74 Å². The van der Waals surface area contributed by atoms with Gasteiger partial charge in [0.1, 0.15) is 17.3 Å². The van der Waals surface area contributed by atoms with Crippen molar-refractivity contribution in [2.24, 2.45) is 0 Å². The number of carbonyl (C=O) groups is 1. The Morgan fingerprint density at radius 1 is 1.18 bits per heavy atom. The van der Waals surface area contributed by atoms with Gasteiger partial charge in [-0.05, 0) is 30.9 Å². The number of benzene rings is 1. The van der Waals surface area contributed by atoms with E-state index in [9.17, 15) is 14.4 Å². The number of hydrogen-bond acceptors (Lipinski definition) is 6. The van der Waals surface area contributed by atoms with Crippen LogP contribution in [-0.2, 0) is 24.2 Å². The third kappa shape index (κ3) is 2.73. The van der Waals surface area contributed by atoms with Gasteiger partial charge in [0, 0.05) is 21.8 Å². The van der Waals surface area contributed by atoms with Gasteiger partial charge in [0.25, 0.3) is 5.56 Å². The van der Waals surface area contributed by atoms with E-state index in [1.165, 1.54) is 22.3 Å². The average Bonchev–Trinajstić information content (AvgIpc) is 3.26. The Bertz CT molecular complexity index is 1370. The molecule has 8 heteroatoms. The van der Waals surface area contributed by atoms with Crippen molar-refractivity contribution in [1.29, 1.82) is 0 Å². The lowest BCUT2D eigenvalue weighted by Crippen LogP contribution is -2.16. The van der Waals surface area contributed by atoms with E-state index >= 15 is 0 Å². The maximum absolute atomic E-state index is 12.6. The second-order valence-corrected chi connectivity index (χ2v) is 7.80. The number of rotatable bonds is 3. The normalized spacial score (nSPS) is 13.1. The molecular formula is C20H15N3O4S. The summed E-state index contributed by atoms with van der Waals surface area (Å²) in [6, 6.07) is 8.22. The van der Waals surface area contributed by atoms with Crippen molar-refractivity contribution < 1.29 is 9.53 Å². The van der Waals surface area contributed by atoms with Gasteiger partial charge in [0.2, 0.25) is 5.56 Å². The van der Waals surface area contributed by atoms with Gasteiger partial charge in [-0.2, -0.15) is 0 Å². The van der Waals surface area contributed by atoms with Crippen molar-refractivity contribution in [2.75, 3.05) is 0 Å². The molecule has 0 amide bonds. The van der Waals surface area contributed by atoms with Gasteiger partial charge in [-0.1, -0.05) is 18.2 Å². The quantitative estimate of drug-likeness (QED) is 0.521. The van der Waals surface area contributed by atoms with Gasteiger partial charge in [-0.3, -0.25) is 9.59 Å². The van der Waals surface area contributed by atoms with Crippen LogP contribution in [-0.4, -0.2) is 20.9 Å². The summed E-state index contributed by atoms with van der Waals surface area (Å²) in [5, 5.41) is 1.26. The number of nitrogens with zero attached hydrogens (tertiary/aromatic N) is 1. The number of carbonyl (C=O) groups excluding carboxylic acids is 1. The minimum Gasteiger partial charge on any atom is -0.454 e. The van der Waals surface area contributed by atoms with Crippen LogP contribution in [0.25, 0.3) is 21.1 Å². The third-order valence-corrected chi connectivity index (χ3v) is 6.12. The van der Waals surface area contributed by atoms with Gasteiger partial charge in [-0.15, -0.1) is 11.3 Å². The lowest BCUT2D eigenvalue weighted by molar-refractivity contribution is 0.0464. The van der Waals surface area contributed by atoms with Crippen molar-refractivity contribution in [3.05, 3.63) is 72.9 Å². The lowest BCUT2D eigenvalue weighted by atomic mass is 10.1. The molecule has 1 aromatic carbocycles. The summed E-state index contributed by atoms with van der Waals surface area (Å²) in [5.41, 5.74) is 1.26. The van der Waals surface area contributed by atoms with Crippen LogP contribution in [0.1, 0.15) is 33.0 Å². The second kappa shape index (κ2) is 6.42. The Morgan fingerprint density at radius 3 is 2.93 bits per heavy atom. The minimum absolute atomic E-state index is 0.173. The summed E-state index contributed by atoms with van der Waals surface area (Å²) in [6.45, 7) is -0.173. The minimum atomic E-state index is -0.640. The number of hydrogen-bond donors (Lipinski definition) is 2. The Morgan fingerprint density at radius 2 is 2.04 bits per heavy atom. The first-order valence-corrected chi connectivity index (χ1v) is 9.74. The van der Waals surface area contributed by atoms with Crippen molar-refractivity contribution >= 4 is 38.4 Å². The van der Waals surface area contributed by atoms with E-state index in [1.807, 2.05) is 0 Å². The Balaban J connectivity index is 1.45. The fourth-order valence-corrected chi connectivity index (χ4v) is 4.98. The zero-order valence-corrected chi connectivity index (χ0v) is 15.5. The third-order valence-electron chi connectivity index (χ3n) is 4.93. The Kier molecular flexibility index (Phi) is 3.87. The molecule has 0 spiro atoms. The molecule has 0 bridgehead atoms. The van der Waals surface area contributed by atoms with Crippen molar-refractivity contribution in [3.63, 3.8) is 0 Å². The van der Waals surface area contributed by atoms with Gasteiger partial charge < -0.3 is 14.7 Å². The number of nitrogens with one attached hydrogen (secondary N) is 2. The number of aromatic amines is 2. The molecule has 7 nitrogen and oxygen atoms in total. The highest BCUT2D eigenvalue weighted by molar-refractivity contribution is 7.18. The Labute approximate surface area is 162 Å². The number of aromatic nitrogens is 3. The maximum atomic E-state index is 12.6. The van der Waals surface area contributed by atoms with Gasteiger partial charge in [0.05, 0.1) is 10.9 Å². The lowest BCUT2D eigenvalue weighted by Gasteiger charge is -2.07. The van der Waals surface area contributed by atoms with Crippen molar-refractivity contribution in [2.45, 2.75) is 25.9 Å². The number of pyridine rings is 1. The van der Waals surface area contributed by atoms with Crippen molar-refractivity contribution in [3.8, 4) is 0 Å². The van der Waals surface area contributed by atoms with E-state index in [0.29, 0.717) is 26.9 Å². The number of H-pyrrole nitrogens is 2. The first kappa shape index (κ1) is 16.9. The van der Waals surface area contributed by atoms with E-state index in [-0.39, 0.29) is 23.3 Å². The highest BCUT2D eigenvalue weighted by Gasteiger charge is 2.21. The summed E-state index contributed by atoms with van der Waals surface area (Å²) in [7, 11) is 0. The van der Waals surface area contributed by atoms with Crippen LogP contribution in [0.3, 0.4) is 0 Å². The standard InChI is InChI=1S/C20H15N3O4S/c24-16-8-12(10-4-1-2-6-13(10)21-16)20(26)27-9-15-22-18(25)17-11-5-3-7-14(11)28-19(17)23-15/h1-2,4,6,8H,3,5,7,9H2,(H,21,24)(H,22,23,25). The molecule has 1 aliphatic rings. The summed E-state index contributed by atoms with van der Waals surface area (Å²) < 4.78 is 5.34. The number of ether oxygens (including phenoxy) is 1. The second-order valence-electron chi connectivity index (χ2n) is 6.72. The summed E-state index contributed by atoms with van der Waals surface area (Å²) in [6.07, 6.45) is 2.96. The van der Waals surface area contributed by atoms with Crippen LogP contribution in [0, 0.1) is 0 Å². The van der Waals surface area contributed by atoms with E-state index < -0.39 is 5.97 Å². The van der Waals surface area contributed by atoms with Crippen LogP contribution in [0.4, 0.5) is 0 Å². The van der Waals surface area contributed by atoms with Crippen LogP contribution < -0.4 is 11.1 Å². The molecule has 0 atom stereocenters. The highest BCUT2D eigenvalue weighted by Crippen LogP contribution is 2.34. The molecule has 28 heavy (non-hydrogen) atoms. The monoisotopic (exact) mass is 393 g/mol. The van der Waals surface area contributed by atoms with Crippen LogP contribution in [0.5, 0.6) is 0 Å². The number of thiophene rings is 1. The number of fused-ring (bicyclic) bond motifs is 4. The van der Waals surface area contributed by atoms with E-state index in [2.05, 4.69) is 15.0 Å². The molecule has 0 saturated heterocycles. The summed E-state index contributed by atoms with van der Waals surface area (Å²) in [4.78, 5) is 48.6. The molecule has 3 heterocycles. The van der Waals surface area contributed by atoms with Gasteiger partial charge >= 0.3 is 5.97 Å². The average molecular weight is 393 g/mol. The predicted molar refractivity (Wildman–Crippen MR) is 106 cm³/mol. The predicted octanol–water partition coefficient (Wildman–Crippen LogP) is 2.67. The molecule has 1 aliphatic carbocycles. The number of para-hydroxylation sites is 1. The summed E-state index contributed by atoms with van der Waals surface area (Å²) >= 11 is 1.53. The fraction of sp³-hybridized carbons (Fsp3) is 0.200. The smallest absolute Gasteiger partial charge is 0.339 e. The van der Waals surface area contributed by atoms with Crippen LogP contribution >= 0.6 is 11.3 Å².